The maximum atomic E-state index is 9.80. The molecular weight excluding hydrogens is 472 g/mol. The summed E-state index contributed by atoms with van der Waals surface area (Å²) in [6, 6.07) is 14.5. The number of para-hydroxylation sites is 1. The van der Waals surface area contributed by atoms with Crippen LogP contribution in [0, 0.1) is 0 Å². The molecule has 0 aliphatic carbocycles. The molecule has 0 amide bonds. The van der Waals surface area contributed by atoms with Crippen molar-refractivity contribution >= 4 is 43.5 Å². The van der Waals surface area contributed by atoms with Gasteiger partial charge in [0, 0.05) is 10.8 Å². The SMILES string of the molecule is [2H]c1c([2H])c([2H])c(-c2c3c([2H])c([2H])c([2H])c([2H])c3c(-c3cccc4oc5ccccc5c34)c3c([2H])c(-c4ccccc4)c([2H])c([2H])c23)c([2H])c1[2H]. The van der Waals surface area contributed by atoms with E-state index in [9.17, 15) is 6.85 Å². The van der Waals surface area contributed by atoms with E-state index < -0.39 is 66.0 Å². The molecule has 7 aromatic carbocycles. The Morgan fingerprint density at radius 1 is 0.436 bits per heavy atom. The van der Waals surface area contributed by atoms with Crippen LogP contribution in [-0.4, -0.2) is 0 Å². The van der Waals surface area contributed by atoms with Crippen LogP contribution in [0.25, 0.3) is 76.9 Å². The van der Waals surface area contributed by atoms with Crippen molar-refractivity contribution in [1.82, 2.24) is 0 Å². The van der Waals surface area contributed by atoms with Gasteiger partial charge in [-0.25, -0.2) is 0 Å². The molecule has 1 aromatic heterocycles. The van der Waals surface area contributed by atoms with Crippen LogP contribution in [0.3, 0.4) is 0 Å². The molecule has 8 rings (SSSR count). The summed E-state index contributed by atoms with van der Waals surface area (Å²) >= 11 is 0. The highest BCUT2D eigenvalue weighted by atomic mass is 16.3. The van der Waals surface area contributed by atoms with Crippen LogP contribution in [-0.2, 0) is 0 Å². The van der Waals surface area contributed by atoms with Crippen LogP contribution in [0.5, 0.6) is 0 Å². The molecule has 0 radical (unpaired) electrons. The Balaban J connectivity index is 1.78. The maximum absolute atomic E-state index is 9.80. The first kappa shape index (κ1) is 13.1. The molecule has 8 aromatic rings. The van der Waals surface area contributed by atoms with E-state index in [1.54, 1.807) is 54.6 Å². The second-order valence-corrected chi connectivity index (χ2v) is 9.14. The Morgan fingerprint density at radius 3 is 1.97 bits per heavy atom. The lowest BCUT2D eigenvalue weighted by Crippen LogP contribution is -1.92. The highest BCUT2D eigenvalue weighted by molar-refractivity contribution is 6.26. The fourth-order valence-electron chi connectivity index (χ4n) is 5.35. The van der Waals surface area contributed by atoms with Gasteiger partial charge in [0.25, 0.3) is 0 Å². The third-order valence-corrected chi connectivity index (χ3v) is 6.98. The molecule has 0 saturated heterocycles. The first-order valence-electron chi connectivity index (χ1n) is 18.4. The molecular formula is C38H24O. The molecule has 0 N–H and O–H groups in total. The van der Waals surface area contributed by atoms with Crippen LogP contribution >= 0.6 is 0 Å². The van der Waals surface area contributed by atoms with Gasteiger partial charge in [-0.05, 0) is 73.1 Å². The minimum absolute atomic E-state index is 0.0203. The van der Waals surface area contributed by atoms with Gasteiger partial charge in [0.2, 0.25) is 0 Å². The second kappa shape index (κ2) is 8.72. The average molecular weight is 509 g/mol. The zero-order valence-corrected chi connectivity index (χ0v) is 20.3. The largest absolute Gasteiger partial charge is 0.456 e. The minimum atomic E-state index is -0.684. The normalized spacial score (nSPS) is 15.9. The maximum Gasteiger partial charge on any atom is 0.136 e. The smallest absolute Gasteiger partial charge is 0.136 e. The lowest BCUT2D eigenvalue weighted by Gasteiger charge is -2.19. The Labute approximate surface area is 243 Å². The summed E-state index contributed by atoms with van der Waals surface area (Å²) in [6.45, 7) is 0. The van der Waals surface area contributed by atoms with Crippen LogP contribution < -0.4 is 0 Å². The third kappa shape index (κ3) is 3.41. The summed E-state index contributed by atoms with van der Waals surface area (Å²) in [5, 5.41) is 0.871. The van der Waals surface area contributed by atoms with Crippen molar-refractivity contribution in [2.45, 2.75) is 0 Å². The van der Waals surface area contributed by atoms with Gasteiger partial charge < -0.3 is 4.42 Å². The topological polar surface area (TPSA) is 13.1 Å². The first-order valence-corrected chi connectivity index (χ1v) is 12.4. The summed E-state index contributed by atoms with van der Waals surface area (Å²) in [5.41, 5.74) is 1.50. The molecule has 0 aliphatic heterocycles. The predicted molar refractivity (Wildman–Crippen MR) is 165 cm³/mol. The standard InChI is InChI=1S/C38H24O/c1-3-12-25(13-4-1)27-22-23-30-33(24-27)37(29-17-8-7-16-28(29)36(30)26-14-5-2-6-15-26)32-19-11-21-35-38(32)31-18-9-10-20-34(31)39-35/h1-24H/i2D,5D,6D,7D,8D,14D,15D,16D,17D,22D,23D,24D. The van der Waals surface area contributed by atoms with Crippen molar-refractivity contribution < 1.29 is 20.9 Å². The fourth-order valence-corrected chi connectivity index (χ4v) is 5.35. The van der Waals surface area contributed by atoms with Crippen LogP contribution in [0.1, 0.15) is 16.4 Å². The zero-order valence-electron chi connectivity index (χ0n) is 32.3. The molecule has 0 saturated carbocycles. The van der Waals surface area contributed by atoms with Crippen molar-refractivity contribution in [3.63, 3.8) is 0 Å². The molecule has 0 atom stereocenters. The van der Waals surface area contributed by atoms with Crippen molar-refractivity contribution in [3.05, 3.63) is 145 Å². The van der Waals surface area contributed by atoms with Crippen molar-refractivity contribution in [2.75, 3.05) is 0 Å². The third-order valence-electron chi connectivity index (χ3n) is 6.98. The number of fused-ring (bicyclic) bond motifs is 5. The lowest BCUT2D eigenvalue weighted by molar-refractivity contribution is 0.669. The summed E-state index contributed by atoms with van der Waals surface area (Å²) in [6.07, 6.45) is 0. The molecule has 0 bridgehead atoms. The molecule has 182 valence electrons. The Bertz CT molecular complexity index is 2800. The van der Waals surface area contributed by atoms with E-state index in [2.05, 4.69) is 0 Å². The first-order chi connectivity index (χ1) is 24.4. The molecule has 0 spiro atoms. The molecule has 0 aliphatic rings. The Hall–Kier alpha value is -5.14. The van der Waals surface area contributed by atoms with Crippen molar-refractivity contribution in [1.29, 1.82) is 0 Å². The van der Waals surface area contributed by atoms with Gasteiger partial charge in [0.15, 0.2) is 0 Å². The molecule has 1 nitrogen and oxygen atoms in total. The molecule has 0 fully saturated rings. The van der Waals surface area contributed by atoms with Crippen LogP contribution in [0.15, 0.2) is 150 Å². The summed E-state index contributed by atoms with van der Waals surface area (Å²) in [4.78, 5) is 0. The van der Waals surface area contributed by atoms with E-state index >= 15 is 0 Å². The predicted octanol–water partition coefficient (Wildman–Crippen LogP) is 10.9. The van der Waals surface area contributed by atoms with E-state index in [4.69, 9.17) is 14.0 Å². The monoisotopic (exact) mass is 508 g/mol. The van der Waals surface area contributed by atoms with E-state index in [0.717, 1.165) is 0 Å². The molecule has 1 heteroatoms. The van der Waals surface area contributed by atoms with Gasteiger partial charge in [-0.1, -0.05) is 127 Å². The summed E-state index contributed by atoms with van der Waals surface area (Å²) < 4.78 is 114. The Morgan fingerprint density at radius 2 is 1.13 bits per heavy atom. The molecule has 39 heavy (non-hydrogen) atoms. The van der Waals surface area contributed by atoms with Gasteiger partial charge in [-0.15, -0.1) is 0 Å². The van der Waals surface area contributed by atoms with Gasteiger partial charge >= 0.3 is 0 Å². The van der Waals surface area contributed by atoms with E-state index in [1.807, 2.05) is 18.2 Å². The van der Waals surface area contributed by atoms with Gasteiger partial charge in [-0.3, -0.25) is 0 Å². The lowest BCUT2D eigenvalue weighted by atomic mass is 9.84. The number of hydrogen-bond acceptors (Lipinski definition) is 1. The Kier molecular flexibility index (Phi) is 2.92. The van der Waals surface area contributed by atoms with Crippen molar-refractivity contribution in [2.24, 2.45) is 0 Å². The van der Waals surface area contributed by atoms with Crippen LogP contribution in [0.4, 0.5) is 0 Å². The van der Waals surface area contributed by atoms with Gasteiger partial charge in [-0.2, -0.15) is 0 Å². The summed E-state index contributed by atoms with van der Waals surface area (Å²) in [5.74, 6) is 0. The zero-order chi connectivity index (χ0) is 36.2. The highest BCUT2D eigenvalue weighted by Gasteiger charge is 2.20. The van der Waals surface area contributed by atoms with Crippen molar-refractivity contribution in [3.8, 4) is 33.4 Å². The van der Waals surface area contributed by atoms with E-state index in [0.29, 0.717) is 33.1 Å². The average Bonchev–Trinajstić information content (AvgIpc) is 3.53. The van der Waals surface area contributed by atoms with Crippen LogP contribution in [0.2, 0.25) is 0 Å². The summed E-state index contributed by atoms with van der Waals surface area (Å²) in [7, 11) is 0. The molecule has 1 heterocycles. The van der Waals surface area contributed by atoms with Gasteiger partial charge in [0.1, 0.15) is 11.2 Å². The van der Waals surface area contributed by atoms with E-state index in [1.165, 1.54) is 0 Å². The molecule has 0 unspecified atom stereocenters. The number of rotatable bonds is 3. The number of furan rings is 1. The van der Waals surface area contributed by atoms with Gasteiger partial charge in [0.05, 0.1) is 16.4 Å². The quantitative estimate of drug-likeness (QED) is 0.216. The number of benzene rings is 7. The van der Waals surface area contributed by atoms with E-state index in [-0.39, 0.29) is 50.3 Å². The second-order valence-electron chi connectivity index (χ2n) is 9.14. The number of hydrogen-bond donors (Lipinski definition) is 0. The fraction of sp³-hybridized carbons (Fsp3) is 0. The minimum Gasteiger partial charge on any atom is -0.456 e. The highest BCUT2D eigenvalue weighted by Crippen LogP contribution is 2.47.